The van der Waals surface area contributed by atoms with Crippen molar-refractivity contribution in [2.45, 2.75) is 0 Å². The lowest BCUT2D eigenvalue weighted by atomic mass is 9.96. The molecule has 4 heterocycles. The van der Waals surface area contributed by atoms with Crippen molar-refractivity contribution >= 4 is 86.0 Å². The summed E-state index contributed by atoms with van der Waals surface area (Å²) in [7, 11) is 0. The molecule has 0 atom stereocenters. The zero-order valence-corrected chi connectivity index (χ0v) is 36.7. The fourth-order valence-electron chi connectivity index (χ4n) is 10.1. The molecule has 5 nitrogen and oxygen atoms in total. The fraction of sp³-hybridized carbons (Fsp3) is 0. The van der Waals surface area contributed by atoms with Gasteiger partial charge in [0.1, 0.15) is 11.2 Å². The third kappa shape index (κ3) is 6.04. The Balaban J connectivity index is 0.933. The third-order valence-corrected chi connectivity index (χ3v) is 14.5. The lowest BCUT2D eigenvalue weighted by Gasteiger charge is -2.14. The van der Waals surface area contributed by atoms with Crippen LogP contribution in [0.1, 0.15) is 0 Å². The van der Waals surface area contributed by atoms with Gasteiger partial charge in [0, 0.05) is 69.7 Å². The first-order valence-corrected chi connectivity index (χ1v) is 23.3. The summed E-state index contributed by atoms with van der Waals surface area (Å²) < 4.78 is 11.4. The van der Waals surface area contributed by atoms with Crippen LogP contribution in [0.3, 0.4) is 0 Å². The Morgan fingerprint density at radius 1 is 0.373 bits per heavy atom. The number of fused-ring (bicyclic) bond motifs is 11. The highest BCUT2D eigenvalue weighted by Crippen LogP contribution is 2.44. The number of hydrogen-bond donors (Lipinski definition) is 0. The van der Waals surface area contributed by atoms with E-state index >= 15 is 0 Å². The van der Waals surface area contributed by atoms with Crippen LogP contribution in [0.2, 0.25) is 0 Å². The van der Waals surface area contributed by atoms with Crippen LogP contribution in [0.5, 0.6) is 0 Å². The van der Waals surface area contributed by atoms with Crippen molar-refractivity contribution in [2.24, 2.45) is 0 Å². The molecule has 0 fully saturated rings. The SMILES string of the molecule is c1ccc(-c2nc(-c3ccc(-n4c5ccc6ccccc6c5c5cccc(-c6cccc(-c7cccc8c7sc7ccccc78)c6)c54)cc3)nc(-c3ccc4c(c3)oc3ccccc34)n2)cc1. The Morgan fingerprint density at radius 2 is 0.970 bits per heavy atom. The first-order chi connectivity index (χ1) is 33.2. The van der Waals surface area contributed by atoms with Crippen LogP contribution in [0.4, 0.5) is 0 Å². The number of rotatable bonds is 6. The van der Waals surface area contributed by atoms with Crippen molar-refractivity contribution in [2.75, 3.05) is 0 Å². The van der Waals surface area contributed by atoms with E-state index in [0.29, 0.717) is 17.5 Å². The van der Waals surface area contributed by atoms with Gasteiger partial charge in [-0.25, -0.2) is 15.0 Å². The van der Waals surface area contributed by atoms with Crippen LogP contribution in [0.15, 0.2) is 223 Å². The molecule has 10 aromatic carbocycles. The molecule has 0 saturated carbocycles. The average Bonchev–Trinajstić information content (AvgIpc) is 4.08. The molecule has 0 amide bonds. The molecule has 0 saturated heterocycles. The Morgan fingerprint density at radius 3 is 1.81 bits per heavy atom. The molecule has 4 aromatic heterocycles. The van der Waals surface area contributed by atoms with E-state index in [1.807, 2.05) is 65.9 Å². The van der Waals surface area contributed by atoms with E-state index < -0.39 is 0 Å². The van der Waals surface area contributed by atoms with Gasteiger partial charge in [0.2, 0.25) is 0 Å². The summed E-state index contributed by atoms with van der Waals surface area (Å²) in [4.78, 5) is 15.3. The second kappa shape index (κ2) is 14.9. The molecule has 0 aliphatic heterocycles. The molecular weight excluding hydrogens is 837 g/mol. The van der Waals surface area contributed by atoms with Gasteiger partial charge in [-0.2, -0.15) is 0 Å². The number of nitrogens with zero attached hydrogens (tertiary/aromatic N) is 4. The topological polar surface area (TPSA) is 56.7 Å². The Bertz CT molecular complexity index is 4280. The summed E-state index contributed by atoms with van der Waals surface area (Å²) in [6.45, 7) is 0. The minimum absolute atomic E-state index is 0.583. The lowest BCUT2D eigenvalue weighted by molar-refractivity contribution is 0.669. The zero-order valence-electron chi connectivity index (χ0n) is 35.9. The van der Waals surface area contributed by atoms with Gasteiger partial charge >= 0.3 is 0 Å². The van der Waals surface area contributed by atoms with Gasteiger partial charge in [0.25, 0.3) is 0 Å². The highest BCUT2D eigenvalue weighted by atomic mass is 32.1. The van der Waals surface area contributed by atoms with E-state index in [2.05, 4.69) is 168 Å². The number of aromatic nitrogens is 4. The van der Waals surface area contributed by atoms with Gasteiger partial charge < -0.3 is 8.98 Å². The molecule has 0 spiro atoms. The highest BCUT2D eigenvalue weighted by molar-refractivity contribution is 7.26. The van der Waals surface area contributed by atoms with Crippen LogP contribution < -0.4 is 0 Å². The van der Waals surface area contributed by atoms with Gasteiger partial charge in [-0.1, -0.05) is 158 Å². The van der Waals surface area contributed by atoms with E-state index in [4.69, 9.17) is 19.4 Å². The molecule has 67 heavy (non-hydrogen) atoms. The standard InChI is InChI=1S/C61H36N4OS/c1-2-14-38(15-3-1)59-62-60(64-61(63-59)42-29-33-48-47-19-6-8-25-53(47)66-54(48)36-42)39-27-31-43(32-28-39)65-52-34-30-37-13-4-5-18-44(37)56(52)51-24-11-21-45(57(51)65)40-16-10-17-41(35-40)46-22-12-23-50-49-20-7-9-26-55(49)67-58(46)50/h1-36H. The van der Waals surface area contributed by atoms with Crippen molar-refractivity contribution in [1.29, 1.82) is 0 Å². The molecule has 0 N–H and O–H groups in total. The summed E-state index contributed by atoms with van der Waals surface area (Å²) >= 11 is 1.87. The molecule has 0 aliphatic carbocycles. The van der Waals surface area contributed by atoms with Gasteiger partial charge in [-0.3, -0.25) is 0 Å². The molecule has 14 aromatic rings. The molecule has 0 unspecified atom stereocenters. The predicted octanol–water partition coefficient (Wildman–Crippen LogP) is 16.7. The maximum Gasteiger partial charge on any atom is 0.164 e. The Kier molecular flexibility index (Phi) is 8.38. The van der Waals surface area contributed by atoms with E-state index in [9.17, 15) is 0 Å². The minimum atomic E-state index is 0.583. The normalized spacial score (nSPS) is 11.9. The number of benzene rings is 10. The van der Waals surface area contributed by atoms with Crippen molar-refractivity contribution in [3.63, 3.8) is 0 Å². The average molecular weight is 873 g/mol. The van der Waals surface area contributed by atoms with E-state index in [-0.39, 0.29) is 0 Å². The van der Waals surface area contributed by atoms with Crippen molar-refractivity contribution in [3.8, 4) is 62.1 Å². The summed E-state index contributed by atoms with van der Waals surface area (Å²) in [5, 5.41) is 9.65. The van der Waals surface area contributed by atoms with Crippen LogP contribution in [0.25, 0.3) is 137 Å². The van der Waals surface area contributed by atoms with Crippen LogP contribution in [0, 0.1) is 0 Å². The summed E-state index contributed by atoms with van der Waals surface area (Å²) in [6.07, 6.45) is 0. The molecule has 0 bridgehead atoms. The number of furan rings is 1. The number of para-hydroxylation sites is 2. The highest BCUT2D eigenvalue weighted by Gasteiger charge is 2.21. The minimum Gasteiger partial charge on any atom is -0.456 e. The fourth-order valence-corrected chi connectivity index (χ4v) is 11.4. The van der Waals surface area contributed by atoms with Crippen molar-refractivity contribution in [1.82, 2.24) is 19.5 Å². The predicted molar refractivity (Wildman–Crippen MR) is 279 cm³/mol. The lowest BCUT2D eigenvalue weighted by Crippen LogP contribution is -2.00. The molecule has 312 valence electrons. The van der Waals surface area contributed by atoms with E-state index in [1.54, 1.807) is 0 Å². The second-order valence-electron chi connectivity index (χ2n) is 17.1. The monoisotopic (exact) mass is 872 g/mol. The second-order valence-corrected chi connectivity index (χ2v) is 18.2. The quantitative estimate of drug-likeness (QED) is 0.167. The first-order valence-electron chi connectivity index (χ1n) is 22.5. The first kappa shape index (κ1) is 37.6. The van der Waals surface area contributed by atoms with Crippen molar-refractivity contribution < 1.29 is 4.42 Å². The number of hydrogen-bond acceptors (Lipinski definition) is 5. The number of thiophene rings is 1. The van der Waals surface area contributed by atoms with Gasteiger partial charge in [-0.15, -0.1) is 11.3 Å². The van der Waals surface area contributed by atoms with Crippen LogP contribution in [-0.2, 0) is 0 Å². The third-order valence-electron chi connectivity index (χ3n) is 13.3. The van der Waals surface area contributed by atoms with Crippen molar-refractivity contribution in [3.05, 3.63) is 218 Å². The van der Waals surface area contributed by atoms with Crippen LogP contribution >= 0.6 is 11.3 Å². The molecule has 14 rings (SSSR count). The van der Waals surface area contributed by atoms with E-state index in [1.165, 1.54) is 58.4 Å². The molecular formula is C61H36N4OS. The molecule has 0 radical (unpaired) electrons. The maximum absolute atomic E-state index is 6.29. The Labute approximate surface area is 388 Å². The summed E-state index contributed by atoms with van der Waals surface area (Å²) in [6, 6.07) is 77.6. The molecule has 6 heteroatoms. The van der Waals surface area contributed by atoms with Gasteiger partial charge in [0.15, 0.2) is 17.5 Å². The summed E-state index contributed by atoms with van der Waals surface area (Å²) in [5.41, 5.74) is 12.5. The zero-order chi connectivity index (χ0) is 44.0. The molecule has 0 aliphatic rings. The van der Waals surface area contributed by atoms with E-state index in [0.717, 1.165) is 60.9 Å². The van der Waals surface area contributed by atoms with Gasteiger partial charge in [-0.05, 0) is 88.1 Å². The Hall–Kier alpha value is -8.71. The van der Waals surface area contributed by atoms with Crippen LogP contribution in [-0.4, -0.2) is 19.5 Å². The maximum atomic E-state index is 6.29. The smallest absolute Gasteiger partial charge is 0.164 e. The summed E-state index contributed by atoms with van der Waals surface area (Å²) in [5.74, 6) is 1.79. The van der Waals surface area contributed by atoms with Gasteiger partial charge in [0.05, 0.1) is 11.0 Å². The largest absolute Gasteiger partial charge is 0.456 e.